The van der Waals surface area contributed by atoms with Crippen LogP contribution in [-0.2, 0) is 6.54 Å². The van der Waals surface area contributed by atoms with E-state index in [1.165, 1.54) is 6.20 Å². The van der Waals surface area contributed by atoms with Crippen molar-refractivity contribution in [2.45, 2.75) is 6.54 Å². The zero-order valence-corrected chi connectivity index (χ0v) is 10.6. The maximum absolute atomic E-state index is 11.0. The third kappa shape index (κ3) is 2.35. The number of hydrogen-bond donors (Lipinski definition) is 2. The summed E-state index contributed by atoms with van der Waals surface area (Å²) < 4.78 is 10.7. The molecule has 0 spiro atoms. The van der Waals surface area contributed by atoms with E-state index in [-0.39, 0.29) is 6.79 Å². The lowest BCUT2D eigenvalue weighted by molar-refractivity contribution is 0.1000. The molecule has 0 saturated heterocycles. The molecule has 3 N–H and O–H groups in total. The Kier molecular flexibility index (Phi) is 3.12. The molecule has 1 aromatic heterocycles. The van der Waals surface area contributed by atoms with E-state index in [4.69, 9.17) is 15.2 Å². The highest BCUT2D eigenvalue weighted by Gasteiger charge is 2.16. The van der Waals surface area contributed by atoms with Gasteiger partial charge in [-0.3, -0.25) is 4.79 Å². The lowest BCUT2D eigenvalue weighted by atomic mass is 10.2. The summed E-state index contributed by atoms with van der Waals surface area (Å²) in [6, 6.07) is 9.07. The minimum Gasteiger partial charge on any atom is -0.454 e. The number of rotatable bonds is 4. The van der Waals surface area contributed by atoms with Crippen LogP contribution < -0.4 is 20.5 Å². The molecule has 1 aromatic carbocycles. The Bertz CT molecular complexity index is 641. The fourth-order valence-corrected chi connectivity index (χ4v) is 1.96. The molecule has 0 saturated carbocycles. The average Bonchev–Trinajstić information content (AvgIpc) is 2.94. The number of nitrogens with zero attached hydrogens (tertiary/aromatic N) is 1. The first kappa shape index (κ1) is 12.3. The molecular weight excluding hydrogens is 258 g/mol. The number of carbonyl (C=O) groups is 1. The van der Waals surface area contributed by atoms with Gasteiger partial charge in [-0.2, -0.15) is 0 Å². The maximum atomic E-state index is 11.0. The van der Waals surface area contributed by atoms with Crippen LogP contribution in [0, 0.1) is 0 Å². The monoisotopic (exact) mass is 271 g/mol. The molecule has 0 aliphatic carbocycles. The van der Waals surface area contributed by atoms with Crippen molar-refractivity contribution in [3.05, 3.63) is 47.7 Å². The number of benzene rings is 1. The van der Waals surface area contributed by atoms with Crippen LogP contribution in [0.1, 0.15) is 15.9 Å². The van der Waals surface area contributed by atoms with Crippen molar-refractivity contribution in [3.63, 3.8) is 0 Å². The number of nitrogens with two attached hydrogens (primary N) is 1. The molecule has 1 aliphatic rings. The minimum absolute atomic E-state index is 0.248. The standard InChI is InChI=1S/C14H13N3O3/c15-14(18)10-4-5-12(17-7-10)16-6-9-2-1-3-11-13(9)20-8-19-11/h1-5,7H,6,8H2,(H2,15,18)(H,16,17). The second kappa shape index (κ2) is 5.08. The number of nitrogens with one attached hydrogen (secondary N) is 1. The van der Waals surface area contributed by atoms with Crippen molar-refractivity contribution in [1.29, 1.82) is 0 Å². The number of aromatic nitrogens is 1. The largest absolute Gasteiger partial charge is 0.454 e. The summed E-state index contributed by atoms with van der Waals surface area (Å²) in [6.45, 7) is 0.799. The molecule has 6 heteroatoms. The first-order chi connectivity index (χ1) is 9.74. The number of primary amides is 1. The van der Waals surface area contributed by atoms with Gasteiger partial charge < -0.3 is 20.5 Å². The first-order valence-electron chi connectivity index (χ1n) is 6.11. The summed E-state index contributed by atoms with van der Waals surface area (Å²) in [6.07, 6.45) is 1.44. The number of pyridine rings is 1. The van der Waals surface area contributed by atoms with Gasteiger partial charge in [-0.1, -0.05) is 12.1 Å². The van der Waals surface area contributed by atoms with E-state index in [2.05, 4.69) is 10.3 Å². The van der Waals surface area contributed by atoms with Gasteiger partial charge in [-0.05, 0) is 18.2 Å². The Morgan fingerprint density at radius 1 is 1.30 bits per heavy atom. The van der Waals surface area contributed by atoms with Crippen molar-refractivity contribution in [2.75, 3.05) is 12.1 Å². The van der Waals surface area contributed by atoms with Gasteiger partial charge in [0, 0.05) is 18.3 Å². The van der Waals surface area contributed by atoms with Gasteiger partial charge in [-0.15, -0.1) is 0 Å². The smallest absolute Gasteiger partial charge is 0.250 e. The Balaban J connectivity index is 1.71. The number of hydrogen-bond acceptors (Lipinski definition) is 5. The van der Waals surface area contributed by atoms with E-state index < -0.39 is 5.91 Å². The molecule has 0 bridgehead atoms. The molecule has 0 radical (unpaired) electrons. The van der Waals surface area contributed by atoms with Crippen molar-refractivity contribution >= 4 is 11.7 Å². The van der Waals surface area contributed by atoms with Crippen LogP contribution in [0.5, 0.6) is 11.5 Å². The summed E-state index contributed by atoms with van der Waals surface area (Å²) in [5.41, 5.74) is 6.53. The van der Waals surface area contributed by atoms with Crippen molar-refractivity contribution in [3.8, 4) is 11.5 Å². The SMILES string of the molecule is NC(=O)c1ccc(NCc2cccc3c2OCO3)nc1. The number of amides is 1. The number of ether oxygens (including phenoxy) is 2. The first-order valence-corrected chi connectivity index (χ1v) is 6.11. The van der Waals surface area contributed by atoms with Gasteiger partial charge >= 0.3 is 0 Å². The predicted molar refractivity (Wildman–Crippen MR) is 72.6 cm³/mol. The van der Waals surface area contributed by atoms with Gasteiger partial charge in [0.25, 0.3) is 0 Å². The van der Waals surface area contributed by atoms with E-state index in [1.54, 1.807) is 12.1 Å². The number of carbonyl (C=O) groups excluding carboxylic acids is 1. The van der Waals surface area contributed by atoms with Crippen LogP contribution >= 0.6 is 0 Å². The Labute approximate surface area is 115 Å². The second-order valence-electron chi connectivity index (χ2n) is 4.30. The van der Waals surface area contributed by atoms with Crippen LogP contribution in [0.25, 0.3) is 0 Å². The summed E-state index contributed by atoms with van der Waals surface area (Å²) in [7, 11) is 0. The van der Waals surface area contributed by atoms with E-state index in [9.17, 15) is 4.79 Å². The van der Waals surface area contributed by atoms with Crippen molar-refractivity contribution < 1.29 is 14.3 Å². The van der Waals surface area contributed by atoms with Gasteiger partial charge in [0.2, 0.25) is 12.7 Å². The van der Waals surface area contributed by atoms with Gasteiger partial charge in [0.05, 0.1) is 5.56 Å². The average molecular weight is 271 g/mol. The highest BCUT2D eigenvalue weighted by atomic mass is 16.7. The van der Waals surface area contributed by atoms with E-state index >= 15 is 0 Å². The maximum Gasteiger partial charge on any atom is 0.250 e. The summed E-state index contributed by atoms with van der Waals surface area (Å²) in [5.74, 6) is 1.68. The summed E-state index contributed by atoms with van der Waals surface area (Å²) in [4.78, 5) is 15.1. The minimum atomic E-state index is -0.490. The molecule has 0 unspecified atom stereocenters. The van der Waals surface area contributed by atoms with Crippen LogP contribution in [0.15, 0.2) is 36.5 Å². The van der Waals surface area contributed by atoms with Crippen LogP contribution in [0.3, 0.4) is 0 Å². The third-order valence-corrected chi connectivity index (χ3v) is 2.99. The molecule has 0 fully saturated rings. The van der Waals surface area contributed by atoms with Crippen LogP contribution in [0.4, 0.5) is 5.82 Å². The fourth-order valence-electron chi connectivity index (χ4n) is 1.96. The van der Waals surface area contributed by atoms with E-state index in [1.807, 2.05) is 18.2 Å². The predicted octanol–water partition coefficient (Wildman–Crippen LogP) is 1.52. The Morgan fingerprint density at radius 2 is 2.20 bits per heavy atom. The molecule has 2 heterocycles. The number of para-hydroxylation sites is 1. The van der Waals surface area contributed by atoms with E-state index in [0.29, 0.717) is 17.9 Å². The molecule has 1 aliphatic heterocycles. The van der Waals surface area contributed by atoms with E-state index in [0.717, 1.165) is 17.1 Å². The summed E-state index contributed by atoms with van der Waals surface area (Å²) in [5, 5.41) is 3.16. The molecule has 2 aromatic rings. The molecule has 102 valence electrons. The molecule has 20 heavy (non-hydrogen) atoms. The van der Waals surface area contributed by atoms with Gasteiger partial charge in [-0.25, -0.2) is 4.98 Å². The quantitative estimate of drug-likeness (QED) is 0.880. The topological polar surface area (TPSA) is 86.5 Å². The highest BCUT2D eigenvalue weighted by molar-refractivity contribution is 5.92. The molecule has 1 amide bonds. The normalized spacial score (nSPS) is 12.2. The van der Waals surface area contributed by atoms with Gasteiger partial charge in [0.1, 0.15) is 5.82 Å². The van der Waals surface area contributed by atoms with Crippen molar-refractivity contribution in [1.82, 2.24) is 4.98 Å². The van der Waals surface area contributed by atoms with Crippen LogP contribution in [-0.4, -0.2) is 17.7 Å². The zero-order chi connectivity index (χ0) is 13.9. The van der Waals surface area contributed by atoms with Crippen molar-refractivity contribution in [2.24, 2.45) is 5.73 Å². The Morgan fingerprint density at radius 3 is 2.95 bits per heavy atom. The lowest BCUT2D eigenvalue weighted by Gasteiger charge is -2.08. The summed E-state index contributed by atoms with van der Waals surface area (Å²) >= 11 is 0. The number of fused-ring (bicyclic) bond motifs is 1. The molecule has 0 atom stereocenters. The second-order valence-corrected chi connectivity index (χ2v) is 4.30. The third-order valence-electron chi connectivity index (χ3n) is 2.99. The zero-order valence-electron chi connectivity index (χ0n) is 10.6. The van der Waals surface area contributed by atoms with Crippen LogP contribution in [0.2, 0.25) is 0 Å². The molecule has 6 nitrogen and oxygen atoms in total. The highest BCUT2D eigenvalue weighted by Crippen LogP contribution is 2.35. The number of anilines is 1. The Hall–Kier alpha value is -2.76. The lowest BCUT2D eigenvalue weighted by Crippen LogP contribution is -2.11. The molecule has 3 rings (SSSR count). The fraction of sp³-hybridized carbons (Fsp3) is 0.143. The van der Waals surface area contributed by atoms with Gasteiger partial charge in [0.15, 0.2) is 11.5 Å². The molecular formula is C14H13N3O3.